The second-order valence-electron chi connectivity index (χ2n) is 5.78. The number of halogens is 1. The van der Waals surface area contributed by atoms with Gasteiger partial charge in [-0.2, -0.15) is 0 Å². The summed E-state index contributed by atoms with van der Waals surface area (Å²) in [6.45, 7) is 0.816. The number of aryl methyl sites for hydroxylation is 1. The van der Waals surface area contributed by atoms with Gasteiger partial charge in [-0.1, -0.05) is 30.3 Å². The summed E-state index contributed by atoms with van der Waals surface area (Å²) in [6.07, 6.45) is 1.43. The molecule has 0 spiro atoms. The molecule has 0 aliphatic heterocycles. The van der Waals surface area contributed by atoms with Crippen molar-refractivity contribution in [2.45, 2.75) is 6.54 Å². The number of hydrogen-bond donors (Lipinski definition) is 0. The van der Waals surface area contributed by atoms with Gasteiger partial charge in [0, 0.05) is 30.6 Å². The highest BCUT2D eigenvalue weighted by Crippen LogP contribution is 2.27. The van der Waals surface area contributed by atoms with Gasteiger partial charge in [0.25, 0.3) is 0 Å². The van der Waals surface area contributed by atoms with E-state index < -0.39 is 4.92 Å². The molecule has 3 rings (SSSR count). The van der Waals surface area contributed by atoms with Crippen LogP contribution in [0.15, 0.2) is 71.0 Å². The molecule has 2 aromatic carbocycles. The highest BCUT2D eigenvalue weighted by molar-refractivity contribution is 7.17. The van der Waals surface area contributed by atoms with E-state index in [1.807, 2.05) is 49.5 Å². The van der Waals surface area contributed by atoms with E-state index in [9.17, 15) is 10.1 Å². The topological polar surface area (TPSA) is 75.0 Å². The first-order valence-corrected chi connectivity index (χ1v) is 8.75. The summed E-state index contributed by atoms with van der Waals surface area (Å²) in [5, 5.41) is 19.6. The van der Waals surface area contributed by atoms with Gasteiger partial charge < -0.3 is 17.3 Å². The Morgan fingerprint density at radius 2 is 1.78 bits per heavy atom. The summed E-state index contributed by atoms with van der Waals surface area (Å²) >= 11 is 0.991. The number of nitro groups is 1. The molecule has 0 aliphatic carbocycles. The van der Waals surface area contributed by atoms with E-state index in [2.05, 4.69) is 27.3 Å². The number of benzene rings is 2. The Morgan fingerprint density at radius 1 is 1.11 bits per heavy atom. The average Bonchev–Trinajstić information content (AvgIpc) is 3.02. The van der Waals surface area contributed by atoms with Gasteiger partial charge in [-0.05, 0) is 34.9 Å². The number of nitrogens with zero attached hydrogens (tertiary/aromatic N) is 5. The Hall–Kier alpha value is -2.84. The second-order valence-corrected chi connectivity index (χ2v) is 6.77. The van der Waals surface area contributed by atoms with Crippen LogP contribution in [-0.2, 0) is 13.6 Å². The van der Waals surface area contributed by atoms with Crippen molar-refractivity contribution in [2.75, 3.05) is 11.9 Å². The Kier molecular flexibility index (Phi) is 6.98. The minimum absolute atomic E-state index is 0. The third-order valence-corrected chi connectivity index (χ3v) is 4.80. The Morgan fingerprint density at radius 3 is 2.37 bits per heavy atom. The summed E-state index contributed by atoms with van der Waals surface area (Å²) in [7, 11) is 3.74. The van der Waals surface area contributed by atoms with Crippen molar-refractivity contribution in [3.63, 3.8) is 0 Å². The maximum atomic E-state index is 10.8. The number of hydrogen-bond acceptors (Lipinski definition) is 6. The zero-order chi connectivity index (χ0) is 18.5. The predicted molar refractivity (Wildman–Crippen MR) is 101 cm³/mol. The van der Waals surface area contributed by atoms with Gasteiger partial charge in [-0.15, -0.1) is 0 Å². The summed E-state index contributed by atoms with van der Waals surface area (Å²) in [5.74, 6) is 0. The van der Waals surface area contributed by atoms with Crippen LogP contribution in [0.2, 0.25) is 0 Å². The fraction of sp³-hybridized carbons (Fsp3) is 0.167. The van der Waals surface area contributed by atoms with Crippen LogP contribution in [0, 0.1) is 10.1 Å². The van der Waals surface area contributed by atoms with Crippen LogP contribution in [0.25, 0.3) is 0 Å². The van der Waals surface area contributed by atoms with Crippen molar-refractivity contribution >= 4 is 32.8 Å². The number of aromatic nitrogens is 1. The lowest BCUT2D eigenvalue weighted by Crippen LogP contribution is -3.00. The van der Waals surface area contributed by atoms with Gasteiger partial charge in [-0.25, -0.2) is 4.57 Å². The van der Waals surface area contributed by atoms with E-state index in [0.29, 0.717) is 10.8 Å². The molecule has 9 heteroatoms. The van der Waals surface area contributed by atoms with E-state index in [1.165, 1.54) is 11.8 Å². The van der Waals surface area contributed by atoms with Gasteiger partial charge in [0.2, 0.25) is 0 Å². The summed E-state index contributed by atoms with van der Waals surface area (Å²) < 4.78 is 1.59. The standard InChI is InChI=1S/C18H18N5O2S.ClH/c1-21(12-14-6-4-3-5-7-14)16-10-8-15(9-11-16)19-20-18-22(2)13-17(26-18)23(24)25;/h3-11,13H,12H2,1-2H3;1H/q+1;/p-1. The molecule has 1 aromatic heterocycles. The third-order valence-electron chi connectivity index (χ3n) is 3.79. The number of rotatable bonds is 6. The van der Waals surface area contributed by atoms with Gasteiger partial charge in [0.15, 0.2) is 6.20 Å². The Bertz CT molecular complexity index is 929. The maximum Gasteiger partial charge on any atom is 0.414 e. The predicted octanol–water partition coefficient (Wildman–Crippen LogP) is 1.54. The van der Waals surface area contributed by atoms with E-state index in [0.717, 1.165) is 23.6 Å². The molecule has 27 heavy (non-hydrogen) atoms. The fourth-order valence-electron chi connectivity index (χ4n) is 2.41. The molecule has 0 atom stereocenters. The first-order valence-electron chi connectivity index (χ1n) is 7.93. The molecule has 7 nitrogen and oxygen atoms in total. The summed E-state index contributed by atoms with van der Waals surface area (Å²) in [6, 6.07) is 18.0. The maximum absolute atomic E-state index is 10.8. The molecule has 0 fully saturated rings. The molecular formula is C18H18ClN5O2S. The van der Waals surface area contributed by atoms with Crippen molar-refractivity contribution in [3.05, 3.63) is 76.5 Å². The molecule has 140 valence electrons. The van der Waals surface area contributed by atoms with Crippen LogP contribution in [0.1, 0.15) is 5.56 Å². The van der Waals surface area contributed by atoms with E-state index in [4.69, 9.17) is 0 Å². The molecule has 0 aliphatic rings. The molecule has 0 amide bonds. The summed E-state index contributed by atoms with van der Waals surface area (Å²) in [5.41, 5.74) is 3.01. The lowest BCUT2D eigenvalue weighted by atomic mass is 10.2. The molecular weight excluding hydrogens is 386 g/mol. The van der Waals surface area contributed by atoms with Gasteiger partial charge >= 0.3 is 10.1 Å². The lowest BCUT2D eigenvalue weighted by Gasteiger charge is -2.19. The van der Waals surface area contributed by atoms with Crippen LogP contribution in [0.5, 0.6) is 0 Å². The molecule has 0 unspecified atom stereocenters. The minimum Gasteiger partial charge on any atom is -1.00 e. The quantitative estimate of drug-likeness (QED) is 0.271. The number of azo groups is 1. The molecule has 3 aromatic rings. The van der Waals surface area contributed by atoms with Crippen LogP contribution in [0.3, 0.4) is 0 Å². The number of thiazole rings is 1. The minimum atomic E-state index is -0.430. The van der Waals surface area contributed by atoms with Crippen LogP contribution in [0.4, 0.5) is 21.5 Å². The molecule has 0 radical (unpaired) electrons. The molecule has 0 saturated heterocycles. The zero-order valence-corrected chi connectivity index (χ0v) is 16.4. The van der Waals surface area contributed by atoms with Crippen molar-refractivity contribution in [2.24, 2.45) is 17.3 Å². The Labute approximate surface area is 167 Å². The lowest BCUT2D eigenvalue weighted by molar-refractivity contribution is -0.656. The first kappa shape index (κ1) is 20.5. The smallest absolute Gasteiger partial charge is 0.414 e. The van der Waals surface area contributed by atoms with Gasteiger partial charge in [-0.3, -0.25) is 10.1 Å². The van der Waals surface area contributed by atoms with Gasteiger partial charge in [0.05, 0.1) is 17.1 Å². The zero-order valence-electron chi connectivity index (χ0n) is 14.8. The van der Waals surface area contributed by atoms with Crippen molar-refractivity contribution < 1.29 is 21.9 Å². The first-order chi connectivity index (χ1) is 12.5. The highest BCUT2D eigenvalue weighted by Gasteiger charge is 2.21. The van der Waals surface area contributed by atoms with Gasteiger partial charge in [0.1, 0.15) is 5.69 Å². The molecule has 0 N–H and O–H groups in total. The van der Waals surface area contributed by atoms with E-state index in [1.54, 1.807) is 11.6 Å². The largest absolute Gasteiger partial charge is 1.00 e. The number of anilines is 1. The van der Waals surface area contributed by atoms with Crippen molar-refractivity contribution in [1.29, 1.82) is 0 Å². The molecule has 1 heterocycles. The average molecular weight is 404 g/mol. The SMILES string of the molecule is CN(Cc1ccccc1)c1ccc(/N=N/c2sc([N+](=O)[O-])c[n+]2C)cc1.[Cl-]. The highest BCUT2D eigenvalue weighted by atomic mass is 35.5. The van der Waals surface area contributed by atoms with E-state index in [-0.39, 0.29) is 17.4 Å². The van der Waals surface area contributed by atoms with Crippen molar-refractivity contribution in [3.8, 4) is 0 Å². The van der Waals surface area contributed by atoms with Crippen LogP contribution >= 0.6 is 11.3 Å². The third kappa shape index (κ3) is 5.32. The molecule has 0 saturated carbocycles. The van der Waals surface area contributed by atoms with Crippen LogP contribution < -0.4 is 21.9 Å². The Balaban J connectivity index is 0.00000261. The van der Waals surface area contributed by atoms with Crippen molar-refractivity contribution in [1.82, 2.24) is 0 Å². The van der Waals surface area contributed by atoms with E-state index >= 15 is 0 Å². The normalized spacial score (nSPS) is 10.6. The van der Waals surface area contributed by atoms with Crippen LogP contribution in [-0.4, -0.2) is 12.0 Å². The summed E-state index contributed by atoms with van der Waals surface area (Å²) in [4.78, 5) is 12.5. The fourth-order valence-corrected chi connectivity index (χ4v) is 3.16. The second kappa shape index (κ2) is 9.20. The monoisotopic (exact) mass is 403 g/mol. The molecule has 0 bridgehead atoms.